The molecule has 1 aliphatic heterocycles. The molecular weight excluding hydrogens is 444 g/mol. The Morgan fingerprint density at radius 1 is 1.06 bits per heavy atom. The minimum Gasteiger partial charge on any atom is -0.299 e. The second-order valence-corrected chi connectivity index (χ2v) is 10.1. The van der Waals surface area contributed by atoms with Crippen LogP contribution in [0.1, 0.15) is 56.2 Å². The summed E-state index contributed by atoms with van der Waals surface area (Å²) in [6.07, 6.45) is 5.71. The summed E-state index contributed by atoms with van der Waals surface area (Å²) in [6.45, 7) is 2.97. The number of nitrogens with zero attached hydrogens (tertiary/aromatic N) is 1. The molecule has 0 saturated carbocycles. The molecule has 1 atom stereocenters. The number of Topliss-reactive ketones (excluding diaryl/α,β-unsaturated/α-hetero) is 1. The smallest absolute Gasteiger partial charge is 0.267 e. The zero-order chi connectivity index (χ0) is 23.5. The van der Waals surface area contributed by atoms with Gasteiger partial charge in [-0.2, -0.15) is 0 Å². The van der Waals surface area contributed by atoms with Crippen molar-refractivity contribution in [2.75, 3.05) is 13.1 Å². The number of hydrogen-bond donors (Lipinski definition) is 2. The fraction of sp³-hybridized carbons (Fsp3) is 0.286. The van der Waals surface area contributed by atoms with E-state index in [2.05, 4.69) is 46.7 Å². The molecule has 2 N–H and O–H groups in total. The van der Waals surface area contributed by atoms with E-state index in [0.29, 0.717) is 18.3 Å². The number of rotatable bonds is 5. The van der Waals surface area contributed by atoms with E-state index in [1.165, 1.54) is 28.3 Å². The first-order chi connectivity index (χ1) is 16.6. The van der Waals surface area contributed by atoms with Crippen LogP contribution in [0.4, 0.5) is 0 Å². The number of carbonyl (C=O) groups is 2. The van der Waals surface area contributed by atoms with Crippen LogP contribution in [-0.2, 0) is 17.8 Å². The lowest BCUT2D eigenvalue weighted by Crippen LogP contribution is -2.35. The molecule has 1 aromatic heterocycles. The Morgan fingerprint density at radius 3 is 2.59 bits per heavy atom. The molecule has 2 aromatic carbocycles. The predicted molar refractivity (Wildman–Crippen MR) is 134 cm³/mol. The number of amides is 1. The number of fused-ring (bicyclic) bond motifs is 2. The second-order valence-electron chi connectivity index (χ2n) is 9.15. The van der Waals surface area contributed by atoms with Crippen molar-refractivity contribution in [2.24, 2.45) is 5.92 Å². The normalized spacial score (nSPS) is 19.0. The second kappa shape index (κ2) is 10.1. The van der Waals surface area contributed by atoms with E-state index in [1.807, 2.05) is 18.2 Å². The van der Waals surface area contributed by atoms with Gasteiger partial charge in [-0.25, -0.2) is 5.48 Å². The fourth-order valence-electron chi connectivity index (χ4n) is 5.36. The van der Waals surface area contributed by atoms with Crippen LogP contribution in [0.5, 0.6) is 0 Å². The zero-order valence-corrected chi connectivity index (χ0v) is 19.8. The first-order valence-electron chi connectivity index (χ1n) is 11.7. The van der Waals surface area contributed by atoms with Gasteiger partial charge >= 0.3 is 0 Å². The number of ketones is 1. The number of likely N-dealkylation sites (tertiary alicyclic amines) is 1. The summed E-state index contributed by atoms with van der Waals surface area (Å²) in [5.41, 5.74) is 7.51. The highest BCUT2D eigenvalue weighted by atomic mass is 32.1. The van der Waals surface area contributed by atoms with Gasteiger partial charge in [0.05, 0.1) is 4.88 Å². The van der Waals surface area contributed by atoms with Crippen LogP contribution in [-0.4, -0.2) is 34.9 Å². The average molecular weight is 473 g/mol. The maximum atomic E-state index is 12.9. The van der Waals surface area contributed by atoms with Crippen LogP contribution < -0.4 is 5.48 Å². The molecule has 0 bridgehead atoms. The molecule has 6 heteroatoms. The fourth-order valence-corrected chi connectivity index (χ4v) is 6.25. The summed E-state index contributed by atoms with van der Waals surface area (Å²) in [5, 5.41) is 10.7. The summed E-state index contributed by atoms with van der Waals surface area (Å²) in [7, 11) is 0. The van der Waals surface area contributed by atoms with E-state index in [9.17, 15) is 9.59 Å². The molecule has 2 heterocycles. The molecule has 2 aliphatic rings. The predicted octanol–water partition coefficient (Wildman–Crippen LogP) is 5.05. The Hall–Kier alpha value is -3.06. The molecule has 1 saturated heterocycles. The minimum absolute atomic E-state index is 0.257. The molecule has 0 spiro atoms. The van der Waals surface area contributed by atoms with Gasteiger partial charge in [-0.05, 0) is 77.2 Å². The van der Waals surface area contributed by atoms with Crippen molar-refractivity contribution in [1.29, 1.82) is 0 Å². The Labute approximate surface area is 203 Å². The quantitative estimate of drug-likeness (QED) is 0.310. The maximum absolute atomic E-state index is 12.9. The van der Waals surface area contributed by atoms with Crippen molar-refractivity contribution in [1.82, 2.24) is 10.4 Å². The molecule has 34 heavy (non-hydrogen) atoms. The van der Waals surface area contributed by atoms with Crippen molar-refractivity contribution in [3.63, 3.8) is 0 Å². The lowest BCUT2D eigenvalue weighted by atomic mass is 9.75. The van der Waals surface area contributed by atoms with E-state index in [0.717, 1.165) is 42.9 Å². The number of thiophene rings is 1. The van der Waals surface area contributed by atoms with Crippen molar-refractivity contribution >= 4 is 29.1 Å². The van der Waals surface area contributed by atoms with Gasteiger partial charge in [0.15, 0.2) is 5.78 Å². The van der Waals surface area contributed by atoms with E-state index in [1.54, 1.807) is 22.9 Å². The van der Waals surface area contributed by atoms with Crippen molar-refractivity contribution < 1.29 is 14.8 Å². The number of benzene rings is 2. The van der Waals surface area contributed by atoms with Gasteiger partial charge in [0.1, 0.15) is 0 Å². The third kappa shape index (κ3) is 4.75. The number of carbonyl (C=O) groups excluding carboxylic acids is 2. The van der Waals surface area contributed by atoms with Gasteiger partial charge in [-0.15, -0.1) is 11.3 Å². The largest absolute Gasteiger partial charge is 0.299 e. The molecule has 174 valence electrons. The molecule has 1 aliphatic carbocycles. The Balaban J connectivity index is 1.26. The highest BCUT2D eigenvalue weighted by Crippen LogP contribution is 2.44. The van der Waals surface area contributed by atoms with Gasteiger partial charge in [0.25, 0.3) is 5.91 Å². The van der Waals surface area contributed by atoms with E-state index >= 15 is 0 Å². The van der Waals surface area contributed by atoms with Crippen LogP contribution in [0, 0.1) is 5.92 Å². The lowest BCUT2D eigenvalue weighted by molar-refractivity contribution is -0.124. The third-order valence-corrected chi connectivity index (χ3v) is 8.02. The third-order valence-electron chi connectivity index (χ3n) is 7.05. The SMILES string of the molecule is O=C(/C=C/c1ccc(CN2CCC(C3c4ccccc4CC(=O)c4sccc43)CC2)cc1)NO. The zero-order valence-electron chi connectivity index (χ0n) is 18.9. The van der Waals surface area contributed by atoms with Crippen LogP contribution in [0.15, 0.2) is 66.1 Å². The van der Waals surface area contributed by atoms with Crippen molar-refractivity contribution in [2.45, 2.75) is 31.7 Å². The number of nitrogens with one attached hydrogen (secondary N) is 1. The molecular formula is C28H28N2O3S. The van der Waals surface area contributed by atoms with Gasteiger partial charge in [-0.1, -0.05) is 48.5 Å². The molecule has 0 radical (unpaired) electrons. The highest BCUT2D eigenvalue weighted by molar-refractivity contribution is 7.12. The van der Waals surface area contributed by atoms with Crippen molar-refractivity contribution in [3.8, 4) is 0 Å². The Bertz CT molecular complexity index is 1210. The van der Waals surface area contributed by atoms with Crippen molar-refractivity contribution in [3.05, 3.63) is 98.7 Å². The molecule has 3 aromatic rings. The lowest BCUT2D eigenvalue weighted by Gasteiger charge is -2.36. The van der Waals surface area contributed by atoms with Crippen LogP contribution in [0.3, 0.4) is 0 Å². The minimum atomic E-state index is -0.540. The van der Waals surface area contributed by atoms with E-state index in [-0.39, 0.29) is 5.78 Å². The highest BCUT2D eigenvalue weighted by Gasteiger charge is 2.35. The van der Waals surface area contributed by atoms with Crippen LogP contribution in [0.2, 0.25) is 0 Å². The Kier molecular flexibility index (Phi) is 6.72. The van der Waals surface area contributed by atoms with Crippen LogP contribution in [0.25, 0.3) is 6.08 Å². The molecule has 5 nitrogen and oxygen atoms in total. The summed E-state index contributed by atoms with van der Waals surface area (Å²) >= 11 is 1.60. The molecule has 1 unspecified atom stereocenters. The van der Waals surface area contributed by atoms with Crippen LogP contribution >= 0.6 is 11.3 Å². The van der Waals surface area contributed by atoms with Gasteiger partial charge < -0.3 is 0 Å². The summed E-state index contributed by atoms with van der Waals surface area (Å²) in [4.78, 5) is 27.5. The van der Waals surface area contributed by atoms with E-state index < -0.39 is 5.91 Å². The topological polar surface area (TPSA) is 69.6 Å². The molecule has 1 fully saturated rings. The molecule has 5 rings (SSSR count). The first kappa shape index (κ1) is 22.7. The summed E-state index contributed by atoms with van der Waals surface area (Å²) < 4.78 is 0. The first-order valence-corrected chi connectivity index (χ1v) is 12.6. The molecule has 1 amide bonds. The monoisotopic (exact) mass is 472 g/mol. The van der Waals surface area contributed by atoms with Gasteiger partial charge in [0.2, 0.25) is 0 Å². The number of hydrogen-bond acceptors (Lipinski definition) is 5. The summed E-state index contributed by atoms with van der Waals surface area (Å²) in [5.74, 6) is 0.546. The Morgan fingerprint density at radius 2 is 1.82 bits per heavy atom. The number of piperidine rings is 1. The van der Waals surface area contributed by atoms with E-state index in [4.69, 9.17) is 5.21 Å². The summed E-state index contributed by atoms with van der Waals surface area (Å²) in [6, 6.07) is 18.8. The van der Waals surface area contributed by atoms with Gasteiger partial charge in [-0.3, -0.25) is 19.7 Å². The van der Waals surface area contributed by atoms with Gasteiger partial charge in [0, 0.05) is 25.0 Å². The maximum Gasteiger partial charge on any atom is 0.267 e. The standard InChI is InChI=1S/C28H28N2O3S/c31-25-17-22-3-1-2-4-23(22)27(24-13-16-34-28(24)25)21-11-14-30(15-12-21)18-20-7-5-19(6-8-20)9-10-26(32)29-33/h1-10,13,16,21,27,33H,11-12,14-15,17-18H2,(H,29,32)/b10-9+. The average Bonchev–Trinajstić information content (AvgIpc) is 3.31. The number of hydroxylamine groups is 1.